The molecule has 3 N–H and O–H groups in total. The van der Waals surface area contributed by atoms with E-state index in [1.807, 2.05) is 20.2 Å². The minimum absolute atomic E-state index is 0.269. The molecule has 0 amide bonds. The number of hydrogen-bond donors (Lipinski definition) is 3. The van der Waals surface area contributed by atoms with Gasteiger partial charge in [0.2, 0.25) is 0 Å². The van der Waals surface area contributed by atoms with Gasteiger partial charge in [0.15, 0.2) is 5.96 Å². The molecule has 1 aromatic heterocycles. The first kappa shape index (κ1) is 22.4. The molecule has 7 heteroatoms. The fourth-order valence-corrected chi connectivity index (χ4v) is 3.17. The fourth-order valence-electron chi connectivity index (χ4n) is 3.17. The highest BCUT2D eigenvalue weighted by Gasteiger charge is 2.25. The van der Waals surface area contributed by atoms with E-state index in [-0.39, 0.29) is 6.54 Å². The maximum atomic E-state index is 10.7. The highest BCUT2D eigenvalue weighted by Crippen LogP contribution is 2.20. The second-order valence-corrected chi connectivity index (χ2v) is 7.36. The first-order valence-electron chi connectivity index (χ1n) is 9.65. The van der Waals surface area contributed by atoms with Gasteiger partial charge >= 0.3 is 0 Å². The molecule has 7 nitrogen and oxygen atoms in total. The molecule has 2 atom stereocenters. The number of likely N-dealkylation sites (N-methyl/N-ethyl adjacent to an activating group) is 1. The van der Waals surface area contributed by atoms with Crippen molar-refractivity contribution in [3.05, 3.63) is 18.0 Å². The highest BCUT2D eigenvalue weighted by molar-refractivity contribution is 5.79. The lowest BCUT2D eigenvalue weighted by Gasteiger charge is -2.32. The maximum absolute atomic E-state index is 10.7. The first-order chi connectivity index (χ1) is 12.2. The molecule has 0 aliphatic carbocycles. The summed E-state index contributed by atoms with van der Waals surface area (Å²) >= 11 is 0. The Morgan fingerprint density at radius 3 is 2.42 bits per heavy atom. The van der Waals surface area contributed by atoms with Crippen LogP contribution in [0, 0.1) is 5.92 Å². The standard InChI is InChI=1S/C19H38N6O/c1-8-15(9-2)17(24(5)6)12-21-18(20-10-3)22-14-19(4,26)16-11-23-25(7)13-16/h11,13,15,17,26H,8-10,12,14H2,1-7H3,(H2,20,21,22). The van der Waals surface area contributed by atoms with Crippen LogP contribution in [0.2, 0.25) is 0 Å². The molecule has 0 spiro atoms. The quantitative estimate of drug-likeness (QED) is 0.433. The molecule has 0 saturated heterocycles. The van der Waals surface area contributed by atoms with Gasteiger partial charge in [-0.3, -0.25) is 4.68 Å². The topological polar surface area (TPSA) is 77.7 Å². The number of aryl methyl sites for hydroxylation is 1. The van der Waals surface area contributed by atoms with Gasteiger partial charge in [0, 0.05) is 37.9 Å². The van der Waals surface area contributed by atoms with Crippen LogP contribution in [0.1, 0.15) is 46.1 Å². The van der Waals surface area contributed by atoms with Gasteiger partial charge in [-0.1, -0.05) is 26.7 Å². The lowest BCUT2D eigenvalue weighted by molar-refractivity contribution is 0.0671. The molecule has 0 aliphatic rings. The molecular weight excluding hydrogens is 328 g/mol. The lowest BCUT2D eigenvalue weighted by Crippen LogP contribution is -2.48. The molecule has 150 valence electrons. The van der Waals surface area contributed by atoms with E-state index in [1.165, 1.54) is 0 Å². The van der Waals surface area contributed by atoms with Crippen LogP contribution in [0.3, 0.4) is 0 Å². The number of nitrogens with one attached hydrogen (secondary N) is 2. The Balaban J connectivity index is 2.79. The summed E-state index contributed by atoms with van der Waals surface area (Å²) in [5.41, 5.74) is -0.282. The van der Waals surface area contributed by atoms with Crippen LogP contribution < -0.4 is 10.6 Å². The van der Waals surface area contributed by atoms with Crippen LogP contribution >= 0.6 is 0 Å². The zero-order chi connectivity index (χ0) is 19.7. The van der Waals surface area contributed by atoms with Crippen molar-refractivity contribution < 1.29 is 5.11 Å². The van der Waals surface area contributed by atoms with E-state index < -0.39 is 5.60 Å². The Hall–Kier alpha value is -1.60. The smallest absolute Gasteiger partial charge is 0.191 e. The van der Waals surface area contributed by atoms with E-state index in [9.17, 15) is 5.11 Å². The summed E-state index contributed by atoms with van der Waals surface area (Å²) < 4.78 is 1.69. The SMILES string of the molecule is CCNC(=NCC(C)(O)c1cnn(C)c1)NCC(C(CC)CC)N(C)C. The normalized spacial score (nSPS) is 16.0. The van der Waals surface area contributed by atoms with Gasteiger partial charge in [-0.25, -0.2) is 4.99 Å². The molecule has 0 aliphatic heterocycles. The zero-order valence-corrected chi connectivity index (χ0v) is 17.6. The van der Waals surface area contributed by atoms with Crippen molar-refractivity contribution in [1.82, 2.24) is 25.3 Å². The van der Waals surface area contributed by atoms with Gasteiger partial charge in [0.25, 0.3) is 0 Å². The zero-order valence-electron chi connectivity index (χ0n) is 17.6. The predicted molar refractivity (Wildman–Crippen MR) is 108 cm³/mol. The van der Waals surface area contributed by atoms with Crippen LogP contribution in [-0.2, 0) is 12.6 Å². The molecule has 26 heavy (non-hydrogen) atoms. The summed E-state index contributed by atoms with van der Waals surface area (Å²) in [6.07, 6.45) is 5.82. The van der Waals surface area contributed by atoms with Gasteiger partial charge in [0.05, 0.1) is 12.7 Å². The van der Waals surface area contributed by atoms with Crippen LogP contribution in [0.5, 0.6) is 0 Å². The van der Waals surface area contributed by atoms with E-state index in [4.69, 9.17) is 0 Å². The third-order valence-corrected chi connectivity index (χ3v) is 4.95. The summed E-state index contributed by atoms with van der Waals surface area (Å²) in [6.45, 7) is 10.2. The van der Waals surface area contributed by atoms with Crippen molar-refractivity contribution >= 4 is 5.96 Å². The molecule has 1 rings (SSSR count). The van der Waals surface area contributed by atoms with E-state index in [2.05, 4.69) is 53.6 Å². The average Bonchev–Trinajstić information content (AvgIpc) is 3.03. The summed E-state index contributed by atoms with van der Waals surface area (Å²) in [6, 6.07) is 0.438. The molecule has 0 fully saturated rings. The van der Waals surface area contributed by atoms with Gasteiger partial charge in [-0.15, -0.1) is 0 Å². The number of hydrogen-bond acceptors (Lipinski definition) is 4. The fraction of sp³-hybridized carbons (Fsp3) is 0.789. The van der Waals surface area contributed by atoms with E-state index in [0.717, 1.165) is 37.5 Å². The molecular formula is C19H38N6O. The Labute approximate surface area is 158 Å². The first-order valence-corrected chi connectivity index (χ1v) is 9.65. The van der Waals surface area contributed by atoms with Crippen LogP contribution in [0.25, 0.3) is 0 Å². The summed E-state index contributed by atoms with van der Waals surface area (Å²) in [4.78, 5) is 6.88. The minimum Gasteiger partial charge on any atom is -0.383 e. The van der Waals surface area contributed by atoms with Gasteiger partial charge < -0.3 is 20.6 Å². The van der Waals surface area contributed by atoms with Gasteiger partial charge in [0.1, 0.15) is 5.60 Å². The highest BCUT2D eigenvalue weighted by atomic mass is 16.3. The molecule has 1 heterocycles. The minimum atomic E-state index is -1.05. The predicted octanol–water partition coefficient (Wildman–Crippen LogP) is 1.55. The average molecular weight is 367 g/mol. The van der Waals surface area contributed by atoms with Crippen molar-refractivity contribution in [2.45, 2.75) is 52.2 Å². The molecule has 0 radical (unpaired) electrons. The Bertz CT molecular complexity index is 548. The monoisotopic (exact) mass is 366 g/mol. The van der Waals surface area contributed by atoms with Crippen LogP contribution in [-0.4, -0.2) is 65.5 Å². The number of aliphatic hydroxyl groups is 1. The van der Waals surface area contributed by atoms with Crippen molar-refractivity contribution in [2.75, 3.05) is 33.7 Å². The maximum Gasteiger partial charge on any atom is 0.191 e. The Kier molecular flexibility index (Phi) is 9.08. The van der Waals surface area contributed by atoms with Gasteiger partial charge in [-0.2, -0.15) is 5.10 Å². The van der Waals surface area contributed by atoms with Crippen LogP contribution in [0.15, 0.2) is 17.4 Å². The molecule has 2 unspecified atom stereocenters. The number of guanidine groups is 1. The molecule has 0 bridgehead atoms. The third kappa shape index (κ3) is 6.61. The largest absolute Gasteiger partial charge is 0.383 e. The number of rotatable bonds is 10. The van der Waals surface area contributed by atoms with Crippen molar-refractivity contribution in [2.24, 2.45) is 18.0 Å². The second kappa shape index (κ2) is 10.5. The Morgan fingerprint density at radius 2 is 1.96 bits per heavy atom. The molecule has 1 aromatic rings. The van der Waals surface area contributed by atoms with Crippen LogP contribution in [0.4, 0.5) is 0 Å². The molecule has 0 aromatic carbocycles. The molecule has 0 saturated carbocycles. The number of aliphatic imine (C=N–C) groups is 1. The summed E-state index contributed by atoms with van der Waals surface area (Å²) in [5.74, 6) is 1.37. The van der Waals surface area contributed by atoms with Crippen molar-refractivity contribution in [3.63, 3.8) is 0 Å². The van der Waals surface area contributed by atoms with E-state index in [0.29, 0.717) is 12.0 Å². The van der Waals surface area contributed by atoms with E-state index >= 15 is 0 Å². The van der Waals surface area contributed by atoms with Crippen molar-refractivity contribution in [3.8, 4) is 0 Å². The lowest BCUT2D eigenvalue weighted by atomic mass is 9.93. The summed E-state index contributed by atoms with van der Waals surface area (Å²) in [5, 5.41) is 21.6. The van der Waals surface area contributed by atoms with Gasteiger partial charge in [-0.05, 0) is 33.9 Å². The summed E-state index contributed by atoms with van der Waals surface area (Å²) in [7, 11) is 6.09. The Morgan fingerprint density at radius 1 is 1.31 bits per heavy atom. The second-order valence-electron chi connectivity index (χ2n) is 7.36. The van der Waals surface area contributed by atoms with E-state index in [1.54, 1.807) is 17.8 Å². The van der Waals surface area contributed by atoms with Crippen molar-refractivity contribution in [1.29, 1.82) is 0 Å². The number of nitrogens with zero attached hydrogens (tertiary/aromatic N) is 4. The number of aromatic nitrogens is 2. The third-order valence-electron chi connectivity index (χ3n) is 4.95.